The van der Waals surface area contributed by atoms with Gasteiger partial charge >= 0.3 is 6.03 Å². The van der Waals surface area contributed by atoms with Crippen molar-refractivity contribution in [1.82, 2.24) is 25.4 Å². The Bertz CT molecular complexity index is 769. The minimum absolute atomic E-state index is 0.227. The van der Waals surface area contributed by atoms with Gasteiger partial charge in [-0.3, -0.25) is 0 Å². The summed E-state index contributed by atoms with van der Waals surface area (Å²) in [6.45, 7) is 1.87. The molecule has 0 radical (unpaired) electrons. The molecule has 3 rings (SSSR count). The minimum atomic E-state index is -0.350. The van der Waals surface area contributed by atoms with Crippen molar-refractivity contribution in [2.24, 2.45) is 7.05 Å². The van der Waals surface area contributed by atoms with Crippen LogP contribution >= 0.6 is 0 Å². The van der Waals surface area contributed by atoms with Gasteiger partial charge in [-0.05, 0) is 43.9 Å². The standard InChI is InChI=1S/C17H20N6O/c1-12(15-22-19-11-23(15)2)20-16(24)21-17(8-3-9-17)14-6-4-13(10-18)5-7-14/h4-7,11-12H,3,8-9H2,1-2H3,(H2,20,21,24). The van der Waals surface area contributed by atoms with Crippen molar-refractivity contribution >= 4 is 6.03 Å². The molecule has 24 heavy (non-hydrogen) atoms. The molecule has 124 valence electrons. The lowest BCUT2D eigenvalue weighted by Gasteiger charge is -2.43. The first kappa shape index (κ1) is 16.0. The largest absolute Gasteiger partial charge is 0.329 e. The fraction of sp³-hybridized carbons (Fsp3) is 0.412. The smallest absolute Gasteiger partial charge is 0.316 e. The summed E-state index contributed by atoms with van der Waals surface area (Å²) < 4.78 is 1.78. The van der Waals surface area contributed by atoms with E-state index in [-0.39, 0.29) is 17.6 Å². The molecule has 1 fully saturated rings. The quantitative estimate of drug-likeness (QED) is 0.900. The maximum Gasteiger partial charge on any atom is 0.316 e. The second kappa shape index (κ2) is 6.32. The molecule has 1 aliphatic carbocycles. The molecule has 0 saturated heterocycles. The number of amides is 2. The van der Waals surface area contributed by atoms with Crippen molar-refractivity contribution in [2.75, 3.05) is 0 Å². The first-order valence-corrected chi connectivity index (χ1v) is 7.97. The van der Waals surface area contributed by atoms with Crippen LogP contribution in [0.5, 0.6) is 0 Å². The third-order valence-electron chi connectivity index (χ3n) is 4.61. The van der Waals surface area contributed by atoms with Crippen molar-refractivity contribution in [3.8, 4) is 6.07 Å². The van der Waals surface area contributed by atoms with Crippen LogP contribution in [0, 0.1) is 11.3 Å². The zero-order valence-electron chi connectivity index (χ0n) is 13.8. The number of aryl methyl sites for hydroxylation is 1. The lowest BCUT2D eigenvalue weighted by Crippen LogP contribution is -2.54. The lowest BCUT2D eigenvalue weighted by atomic mass is 9.72. The number of carbonyl (C=O) groups is 1. The van der Waals surface area contributed by atoms with Crippen molar-refractivity contribution in [1.29, 1.82) is 5.26 Å². The summed E-state index contributed by atoms with van der Waals surface area (Å²) in [4.78, 5) is 12.4. The molecule has 0 aliphatic heterocycles. The number of rotatable bonds is 4. The molecule has 0 bridgehead atoms. The van der Waals surface area contributed by atoms with Gasteiger partial charge in [-0.25, -0.2) is 4.79 Å². The highest BCUT2D eigenvalue weighted by atomic mass is 16.2. The van der Waals surface area contributed by atoms with E-state index in [0.29, 0.717) is 11.4 Å². The van der Waals surface area contributed by atoms with Crippen molar-refractivity contribution in [3.63, 3.8) is 0 Å². The molecule has 2 N–H and O–H groups in total. The van der Waals surface area contributed by atoms with E-state index in [4.69, 9.17) is 5.26 Å². The van der Waals surface area contributed by atoms with E-state index in [1.165, 1.54) is 0 Å². The van der Waals surface area contributed by atoms with Gasteiger partial charge in [0.05, 0.1) is 23.2 Å². The molecule has 1 aromatic carbocycles. The lowest BCUT2D eigenvalue weighted by molar-refractivity contribution is 0.175. The summed E-state index contributed by atoms with van der Waals surface area (Å²) in [5.74, 6) is 0.700. The summed E-state index contributed by atoms with van der Waals surface area (Å²) in [6, 6.07) is 9.07. The number of hydrogen-bond acceptors (Lipinski definition) is 4. The Balaban J connectivity index is 1.69. The Kier molecular flexibility index (Phi) is 4.21. The van der Waals surface area contributed by atoms with Gasteiger partial charge in [0, 0.05) is 7.05 Å². The van der Waals surface area contributed by atoms with Crippen LogP contribution in [0.1, 0.15) is 49.2 Å². The molecule has 1 unspecified atom stereocenters. The van der Waals surface area contributed by atoms with E-state index in [2.05, 4.69) is 26.9 Å². The summed E-state index contributed by atoms with van der Waals surface area (Å²) >= 11 is 0. The third kappa shape index (κ3) is 2.95. The van der Waals surface area contributed by atoms with Crippen LogP contribution in [0.25, 0.3) is 0 Å². The molecular weight excluding hydrogens is 304 g/mol. The Morgan fingerprint density at radius 1 is 1.38 bits per heavy atom. The molecule has 2 amide bonds. The predicted octanol–water partition coefficient (Wildman–Crippen LogP) is 2.13. The number of nitrogens with one attached hydrogen (secondary N) is 2. The molecule has 0 spiro atoms. The SMILES string of the molecule is CC(NC(=O)NC1(c2ccc(C#N)cc2)CCC1)c1nncn1C. The second-order valence-electron chi connectivity index (χ2n) is 6.25. The van der Waals surface area contributed by atoms with Crippen LogP contribution in [-0.2, 0) is 12.6 Å². The third-order valence-corrected chi connectivity index (χ3v) is 4.61. The van der Waals surface area contributed by atoms with Crippen LogP contribution in [0.2, 0.25) is 0 Å². The minimum Gasteiger partial charge on any atom is -0.329 e. The van der Waals surface area contributed by atoms with Gasteiger partial charge in [-0.2, -0.15) is 5.26 Å². The number of aromatic nitrogens is 3. The fourth-order valence-corrected chi connectivity index (χ4v) is 3.08. The van der Waals surface area contributed by atoms with E-state index in [0.717, 1.165) is 24.8 Å². The number of hydrogen-bond donors (Lipinski definition) is 2. The van der Waals surface area contributed by atoms with Crippen LogP contribution < -0.4 is 10.6 Å². The van der Waals surface area contributed by atoms with Gasteiger partial charge in [0.15, 0.2) is 5.82 Å². The first-order chi connectivity index (χ1) is 11.5. The maximum absolute atomic E-state index is 12.4. The molecule has 1 saturated carbocycles. The number of nitriles is 1. The van der Waals surface area contributed by atoms with Crippen LogP contribution in [-0.4, -0.2) is 20.8 Å². The van der Waals surface area contributed by atoms with Crippen molar-refractivity contribution < 1.29 is 4.79 Å². The van der Waals surface area contributed by atoms with E-state index < -0.39 is 0 Å². The number of benzene rings is 1. The number of urea groups is 1. The molecular formula is C17H20N6O. The normalized spacial score (nSPS) is 16.5. The highest BCUT2D eigenvalue weighted by molar-refractivity contribution is 5.75. The first-order valence-electron chi connectivity index (χ1n) is 7.97. The zero-order valence-corrected chi connectivity index (χ0v) is 13.8. The van der Waals surface area contributed by atoms with Crippen LogP contribution in [0.4, 0.5) is 4.79 Å². The van der Waals surface area contributed by atoms with Crippen LogP contribution in [0.15, 0.2) is 30.6 Å². The summed E-state index contributed by atoms with van der Waals surface area (Å²) in [5, 5.41) is 22.8. The van der Waals surface area contributed by atoms with Gasteiger partial charge in [-0.15, -0.1) is 10.2 Å². The predicted molar refractivity (Wildman–Crippen MR) is 87.8 cm³/mol. The van der Waals surface area contributed by atoms with Gasteiger partial charge < -0.3 is 15.2 Å². The van der Waals surface area contributed by atoms with Gasteiger partial charge in [0.25, 0.3) is 0 Å². The maximum atomic E-state index is 12.4. The number of nitrogens with zero attached hydrogens (tertiary/aromatic N) is 4. The average Bonchev–Trinajstić information content (AvgIpc) is 2.97. The molecule has 1 atom stereocenters. The van der Waals surface area contributed by atoms with Gasteiger partial charge in [-0.1, -0.05) is 12.1 Å². The van der Waals surface area contributed by atoms with Gasteiger partial charge in [0.2, 0.25) is 0 Å². The van der Waals surface area contributed by atoms with Gasteiger partial charge in [0.1, 0.15) is 6.33 Å². The summed E-state index contributed by atoms with van der Waals surface area (Å²) in [5.41, 5.74) is 1.31. The molecule has 7 nitrogen and oxygen atoms in total. The van der Waals surface area contributed by atoms with E-state index in [9.17, 15) is 4.79 Å². The van der Waals surface area contributed by atoms with E-state index >= 15 is 0 Å². The molecule has 1 heterocycles. The zero-order chi connectivity index (χ0) is 17.2. The number of carbonyl (C=O) groups excluding carboxylic acids is 1. The second-order valence-corrected chi connectivity index (χ2v) is 6.25. The summed E-state index contributed by atoms with van der Waals surface area (Å²) in [7, 11) is 1.84. The Morgan fingerprint density at radius 3 is 2.58 bits per heavy atom. The molecule has 2 aromatic rings. The highest BCUT2D eigenvalue weighted by Crippen LogP contribution is 2.41. The molecule has 1 aromatic heterocycles. The average molecular weight is 324 g/mol. The topological polar surface area (TPSA) is 95.6 Å². The van der Waals surface area contributed by atoms with Crippen LogP contribution in [0.3, 0.4) is 0 Å². The Hall–Kier alpha value is -2.88. The van der Waals surface area contributed by atoms with Crippen molar-refractivity contribution in [2.45, 2.75) is 37.8 Å². The Morgan fingerprint density at radius 2 is 2.08 bits per heavy atom. The molecule has 7 heteroatoms. The monoisotopic (exact) mass is 324 g/mol. The summed E-state index contributed by atoms with van der Waals surface area (Å²) in [6.07, 6.45) is 4.46. The molecule has 1 aliphatic rings. The van der Waals surface area contributed by atoms with E-state index in [1.54, 1.807) is 23.0 Å². The van der Waals surface area contributed by atoms with E-state index in [1.807, 2.05) is 26.1 Å². The highest BCUT2D eigenvalue weighted by Gasteiger charge is 2.40. The Labute approximate surface area is 140 Å². The van der Waals surface area contributed by atoms with Crippen molar-refractivity contribution in [3.05, 3.63) is 47.5 Å². The fourth-order valence-electron chi connectivity index (χ4n) is 3.08.